The van der Waals surface area contributed by atoms with Gasteiger partial charge >= 0.3 is 6.03 Å². The van der Waals surface area contributed by atoms with E-state index in [9.17, 15) is 9.59 Å². The molecule has 0 saturated carbocycles. The van der Waals surface area contributed by atoms with Gasteiger partial charge in [0.25, 0.3) is 5.91 Å². The van der Waals surface area contributed by atoms with E-state index in [-0.39, 0.29) is 11.9 Å². The zero-order chi connectivity index (χ0) is 19.5. The molecule has 1 N–H and O–H groups in total. The third kappa shape index (κ3) is 2.03. The largest absolute Gasteiger partial charge is 0.492 e. The summed E-state index contributed by atoms with van der Waals surface area (Å²) in [5.41, 5.74) is 2.37. The van der Waals surface area contributed by atoms with E-state index in [0.717, 1.165) is 28.6 Å². The van der Waals surface area contributed by atoms with Gasteiger partial charge in [0.1, 0.15) is 5.75 Å². The molecule has 3 heterocycles. The first-order valence-corrected chi connectivity index (χ1v) is 9.55. The summed E-state index contributed by atoms with van der Waals surface area (Å²) in [7, 11) is 0. The third-order valence-corrected chi connectivity index (χ3v) is 5.87. The van der Waals surface area contributed by atoms with Gasteiger partial charge in [0.15, 0.2) is 5.54 Å². The second-order valence-electron chi connectivity index (χ2n) is 7.32. The number of ether oxygens (including phenoxy) is 1. The van der Waals surface area contributed by atoms with Crippen LogP contribution in [0, 0.1) is 0 Å². The summed E-state index contributed by atoms with van der Waals surface area (Å²) < 4.78 is 5.68. The molecule has 0 aliphatic carbocycles. The summed E-state index contributed by atoms with van der Waals surface area (Å²) in [6.07, 6.45) is 0.717. The Bertz CT molecular complexity index is 1120. The number of carbonyl (C=O) groups is 2. The fourth-order valence-electron chi connectivity index (χ4n) is 4.52. The average molecular weight is 375 g/mol. The number of aromatic amines is 1. The lowest BCUT2D eigenvalue weighted by atomic mass is 9.87. The molecule has 1 aromatic heterocycles. The number of nitrogens with one attached hydrogen (secondary N) is 1. The molecule has 0 radical (unpaired) electrons. The predicted molar refractivity (Wildman–Crippen MR) is 107 cm³/mol. The minimum absolute atomic E-state index is 0.253. The Balaban J connectivity index is 1.68. The number of imide groups is 1. The summed E-state index contributed by atoms with van der Waals surface area (Å²) in [6, 6.07) is 14.9. The topological polar surface area (TPSA) is 65.6 Å². The lowest BCUT2D eigenvalue weighted by Crippen LogP contribution is -2.49. The van der Waals surface area contributed by atoms with Crippen molar-refractivity contribution < 1.29 is 14.3 Å². The number of amides is 3. The van der Waals surface area contributed by atoms with Crippen LogP contribution in [-0.4, -0.2) is 35.0 Å². The predicted octanol–water partition coefficient (Wildman–Crippen LogP) is 3.81. The van der Waals surface area contributed by atoms with Crippen molar-refractivity contribution in [2.75, 3.05) is 18.1 Å². The van der Waals surface area contributed by atoms with Crippen molar-refractivity contribution in [1.29, 1.82) is 0 Å². The van der Waals surface area contributed by atoms with E-state index in [2.05, 4.69) is 11.1 Å². The lowest BCUT2D eigenvalue weighted by Gasteiger charge is -2.35. The minimum Gasteiger partial charge on any atom is -0.492 e. The number of aromatic nitrogens is 1. The summed E-state index contributed by atoms with van der Waals surface area (Å²) in [6.45, 7) is 4.68. The number of anilines is 1. The van der Waals surface area contributed by atoms with Crippen molar-refractivity contribution in [3.8, 4) is 5.75 Å². The number of carbonyl (C=O) groups excluding carboxylic acids is 2. The molecule has 2 aliphatic rings. The summed E-state index contributed by atoms with van der Waals surface area (Å²) in [5.74, 6) is 0.282. The Morgan fingerprint density at radius 2 is 1.86 bits per heavy atom. The highest BCUT2D eigenvalue weighted by Gasteiger charge is 2.59. The van der Waals surface area contributed by atoms with E-state index in [1.165, 1.54) is 4.90 Å². The Hall–Kier alpha value is -3.28. The molecule has 28 heavy (non-hydrogen) atoms. The number of hydrogen-bond acceptors (Lipinski definition) is 3. The van der Waals surface area contributed by atoms with Crippen LogP contribution in [0.2, 0.25) is 0 Å². The maximum Gasteiger partial charge on any atom is 0.332 e. The number of hydrogen-bond donors (Lipinski definition) is 1. The second-order valence-corrected chi connectivity index (χ2v) is 7.32. The lowest BCUT2D eigenvalue weighted by molar-refractivity contribution is -0.125. The molecule has 3 aromatic rings. The van der Waals surface area contributed by atoms with Crippen molar-refractivity contribution >= 4 is 28.5 Å². The van der Waals surface area contributed by atoms with Gasteiger partial charge in [0.2, 0.25) is 0 Å². The Morgan fingerprint density at radius 1 is 1.11 bits per heavy atom. The molecule has 6 heteroatoms. The molecule has 0 spiro atoms. The monoisotopic (exact) mass is 375 g/mol. The van der Waals surface area contributed by atoms with Crippen LogP contribution in [0.1, 0.15) is 25.1 Å². The normalized spacial score (nSPS) is 21.2. The number of benzene rings is 2. The van der Waals surface area contributed by atoms with Gasteiger partial charge < -0.3 is 14.6 Å². The van der Waals surface area contributed by atoms with E-state index in [4.69, 9.17) is 4.74 Å². The zero-order valence-electron chi connectivity index (χ0n) is 15.9. The first-order valence-electron chi connectivity index (χ1n) is 9.55. The SMILES string of the molecule is CCOc1ccccc1N1C(=O)N2CCc3c([nH]c4ccccc34)[C@]2(C)C1=O. The fraction of sp³-hybridized carbons (Fsp3) is 0.273. The van der Waals surface area contributed by atoms with Gasteiger partial charge in [-0.3, -0.25) is 4.79 Å². The number of para-hydroxylation sites is 3. The van der Waals surface area contributed by atoms with Gasteiger partial charge in [-0.1, -0.05) is 30.3 Å². The van der Waals surface area contributed by atoms with Gasteiger partial charge in [-0.2, -0.15) is 0 Å². The standard InChI is InChI=1S/C22H21N3O3/c1-3-28-18-11-7-6-10-17(18)25-20(26)22(2)19-15(12-13-24(22)21(25)27)14-8-4-5-9-16(14)23-19/h4-11,23H,3,12-13H2,1-2H3/t22-/m1/s1. The van der Waals surface area contributed by atoms with Crippen LogP contribution in [0.25, 0.3) is 10.9 Å². The summed E-state index contributed by atoms with van der Waals surface area (Å²) >= 11 is 0. The van der Waals surface area contributed by atoms with Gasteiger partial charge in [0, 0.05) is 17.4 Å². The highest BCUT2D eigenvalue weighted by atomic mass is 16.5. The number of H-pyrrole nitrogens is 1. The molecular weight excluding hydrogens is 354 g/mol. The van der Waals surface area contributed by atoms with Crippen molar-refractivity contribution in [2.24, 2.45) is 0 Å². The molecular formula is C22H21N3O3. The molecule has 1 atom stereocenters. The first-order chi connectivity index (χ1) is 13.6. The maximum absolute atomic E-state index is 13.7. The van der Waals surface area contributed by atoms with Crippen LogP contribution in [0.5, 0.6) is 5.75 Å². The first kappa shape index (κ1) is 16.9. The number of fused-ring (bicyclic) bond motifs is 5. The number of rotatable bonds is 3. The van der Waals surface area contributed by atoms with Crippen LogP contribution in [0.3, 0.4) is 0 Å². The molecule has 0 unspecified atom stereocenters. The van der Waals surface area contributed by atoms with Crippen LogP contribution in [-0.2, 0) is 16.8 Å². The Kier molecular flexibility index (Phi) is 3.53. The van der Waals surface area contributed by atoms with Crippen LogP contribution >= 0.6 is 0 Å². The molecule has 1 saturated heterocycles. The summed E-state index contributed by atoms with van der Waals surface area (Å²) in [5, 5.41) is 1.12. The van der Waals surface area contributed by atoms with E-state index in [1.807, 2.05) is 44.2 Å². The number of nitrogens with zero attached hydrogens (tertiary/aromatic N) is 2. The van der Waals surface area contributed by atoms with Crippen molar-refractivity contribution in [3.05, 3.63) is 59.8 Å². The number of urea groups is 1. The highest BCUT2D eigenvalue weighted by molar-refractivity contribution is 6.24. The highest BCUT2D eigenvalue weighted by Crippen LogP contribution is 2.46. The third-order valence-electron chi connectivity index (χ3n) is 5.87. The smallest absolute Gasteiger partial charge is 0.332 e. The molecule has 3 amide bonds. The van der Waals surface area contributed by atoms with Crippen molar-refractivity contribution in [2.45, 2.75) is 25.8 Å². The molecule has 1 fully saturated rings. The van der Waals surface area contributed by atoms with Crippen LogP contribution in [0.15, 0.2) is 48.5 Å². The minimum atomic E-state index is -1.05. The molecule has 142 valence electrons. The fourth-order valence-corrected chi connectivity index (χ4v) is 4.52. The van der Waals surface area contributed by atoms with E-state index < -0.39 is 5.54 Å². The second kappa shape index (κ2) is 5.86. The van der Waals surface area contributed by atoms with Gasteiger partial charge in [-0.15, -0.1) is 0 Å². The van der Waals surface area contributed by atoms with Crippen LogP contribution < -0.4 is 9.64 Å². The molecule has 6 nitrogen and oxygen atoms in total. The maximum atomic E-state index is 13.7. The molecule has 2 aliphatic heterocycles. The molecule has 5 rings (SSSR count). The van der Waals surface area contributed by atoms with E-state index in [1.54, 1.807) is 17.0 Å². The van der Waals surface area contributed by atoms with E-state index in [0.29, 0.717) is 24.6 Å². The molecule has 0 bridgehead atoms. The van der Waals surface area contributed by atoms with Crippen molar-refractivity contribution in [3.63, 3.8) is 0 Å². The van der Waals surface area contributed by atoms with Crippen LogP contribution in [0.4, 0.5) is 10.5 Å². The van der Waals surface area contributed by atoms with Gasteiger partial charge in [-0.05, 0) is 44.0 Å². The Labute approximate surface area is 162 Å². The van der Waals surface area contributed by atoms with Gasteiger partial charge in [-0.25, -0.2) is 9.69 Å². The molecule has 2 aromatic carbocycles. The zero-order valence-corrected chi connectivity index (χ0v) is 15.9. The average Bonchev–Trinajstić information content (AvgIpc) is 3.18. The Morgan fingerprint density at radius 3 is 2.68 bits per heavy atom. The van der Waals surface area contributed by atoms with Crippen molar-refractivity contribution in [1.82, 2.24) is 9.88 Å². The quantitative estimate of drug-likeness (QED) is 0.708. The van der Waals surface area contributed by atoms with E-state index >= 15 is 0 Å². The summed E-state index contributed by atoms with van der Waals surface area (Å²) in [4.78, 5) is 33.3. The van der Waals surface area contributed by atoms with Gasteiger partial charge in [0.05, 0.1) is 18.0 Å².